The van der Waals surface area contributed by atoms with Gasteiger partial charge in [-0.25, -0.2) is 0 Å². The fourth-order valence-electron chi connectivity index (χ4n) is 2.08. The van der Waals surface area contributed by atoms with Crippen molar-refractivity contribution in [3.05, 3.63) is 0 Å². The molecule has 2 aliphatic rings. The summed E-state index contributed by atoms with van der Waals surface area (Å²) in [6.07, 6.45) is 1.92. The Hall–Kier alpha value is 0.110. The van der Waals surface area contributed by atoms with E-state index in [1.165, 1.54) is 0 Å². The minimum absolute atomic E-state index is 0.0174. The van der Waals surface area contributed by atoms with Crippen LogP contribution in [0.25, 0.3) is 0 Å². The van der Waals surface area contributed by atoms with Crippen LogP contribution in [-0.2, 0) is 13.6 Å². The maximum Gasteiger partial charge on any atom is 0.350 e. The van der Waals surface area contributed by atoms with Gasteiger partial charge in [-0.1, -0.05) is 6.92 Å². The van der Waals surface area contributed by atoms with E-state index in [1.54, 1.807) is 0 Å². The van der Waals surface area contributed by atoms with Gasteiger partial charge in [0.15, 0.2) is 0 Å². The van der Waals surface area contributed by atoms with Crippen molar-refractivity contribution in [3.63, 3.8) is 0 Å². The molecule has 0 spiro atoms. The average molecular weight is 233 g/mol. The van der Waals surface area contributed by atoms with E-state index >= 15 is 0 Å². The zero-order valence-corrected chi connectivity index (χ0v) is 10.5. The predicted octanol–water partition coefficient (Wildman–Crippen LogP) is 2.35. The van der Waals surface area contributed by atoms with Gasteiger partial charge in [-0.2, -0.15) is 0 Å². The molecule has 4 nitrogen and oxygen atoms in total. The first kappa shape index (κ1) is 11.6. The van der Waals surface area contributed by atoms with Crippen molar-refractivity contribution in [1.82, 2.24) is 5.32 Å². The molecule has 0 aromatic heterocycles. The third kappa shape index (κ3) is 1.89. The summed E-state index contributed by atoms with van der Waals surface area (Å²) in [5.41, 5.74) is 0. The van der Waals surface area contributed by atoms with Gasteiger partial charge in [-0.3, -0.25) is 4.57 Å². The Bertz CT molecular complexity index is 288. The van der Waals surface area contributed by atoms with Crippen LogP contribution in [0.5, 0.6) is 0 Å². The van der Waals surface area contributed by atoms with Gasteiger partial charge in [0, 0.05) is 5.92 Å². The van der Waals surface area contributed by atoms with E-state index < -0.39 is 12.9 Å². The molecule has 88 valence electrons. The molecule has 0 radical (unpaired) electrons. The lowest BCUT2D eigenvalue weighted by molar-refractivity contribution is 0.0345. The van der Waals surface area contributed by atoms with Crippen LogP contribution in [0.15, 0.2) is 0 Å². The van der Waals surface area contributed by atoms with E-state index in [2.05, 4.69) is 12.2 Å². The minimum atomic E-state index is -2.98. The molecule has 0 amide bonds. The maximum absolute atomic E-state index is 12.6. The molecule has 1 N–H and O–H groups in total. The molecule has 0 saturated carbocycles. The fraction of sp³-hybridized carbons (Fsp3) is 1.00. The fourth-order valence-corrected chi connectivity index (χ4v) is 4.47. The highest BCUT2D eigenvalue weighted by Gasteiger charge is 2.52. The Morgan fingerprint density at radius 3 is 2.73 bits per heavy atom. The van der Waals surface area contributed by atoms with Crippen molar-refractivity contribution in [2.24, 2.45) is 5.92 Å². The summed E-state index contributed by atoms with van der Waals surface area (Å²) < 4.78 is 23.8. The second-order valence-corrected chi connectivity index (χ2v) is 7.34. The molecule has 5 heteroatoms. The standard InChI is InChI=1S/C10H20NO3P/c1-8-7-13-15(12,14-9(8)2)10(3)5-4-6-11-10/h8-9,11H,4-7H2,1-3H3. The van der Waals surface area contributed by atoms with E-state index in [0.717, 1.165) is 19.4 Å². The van der Waals surface area contributed by atoms with Crippen LogP contribution >= 0.6 is 7.60 Å². The molecule has 2 aliphatic heterocycles. The highest BCUT2D eigenvalue weighted by molar-refractivity contribution is 7.55. The average Bonchev–Trinajstić information content (AvgIpc) is 2.61. The molecule has 0 aromatic rings. The van der Waals surface area contributed by atoms with Crippen molar-refractivity contribution >= 4 is 7.60 Å². The highest BCUT2D eigenvalue weighted by Crippen LogP contribution is 2.64. The smallest absolute Gasteiger partial charge is 0.307 e. The lowest BCUT2D eigenvalue weighted by atomic mass is 10.1. The molecule has 2 saturated heterocycles. The first-order valence-electron chi connectivity index (χ1n) is 5.65. The Morgan fingerprint density at radius 2 is 2.20 bits per heavy atom. The molecule has 0 bridgehead atoms. The quantitative estimate of drug-likeness (QED) is 0.706. The molecule has 4 unspecified atom stereocenters. The summed E-state index contributed by atoms with van der Waals surface area (Å²) >= 11 is 0. The van der Waals surface area contributed by atoms with Gasteiger partial charge in [-0.15, -0.1) is 0 Å². The monoisotopic (exact) mass is 233 g/mol. The molecule has 2 fully saturated rings. The summed E-state index contributed by atoms with van der Waals surface area (Å²) in [5.74, 6) is 0.317. The van der Waals surface area contributed by atoms with Crippen molar-refractivity contribution in [3.8, 4) is 0 Å². The predicted molar refractivity (Wildman–Crippen MR) is 58.9 cm³/mol. The molecule has 0 aliphatic carbocycles. The van der Waals surface area contributed by atoms with Gasteiger partial charge in [0.2, 0.25) is 0 Å². The van der Waals surface area contributed by atoms with Crippen molar-refractivity contribution in [1.29, 1.82) is 0 Å². The van der Waals surface area contributed by atoms with Crippen LogP contribution in [0.2, 0.25) is 0 Å². The van der Waals surface area contributed by atoms with Crippen LogP contribution in [0.3, 0.4) is 0 Å². The first-order chi connectivity index (χ1) is 6.97. The number of rotatable bonds is 1. The van der Waals surface area contributed by atoms with Crippen LogP contribution in [0, 0.1) is 5.92 Å². The molecule has 15 heavy (non-hydrogen) atoms. The second-order valence-electron chi connectivity index (χ2n) is 4.89. The van der Waals surface area contributed by atoms with Gasteiger partial charge in [0.1, 0.15) is 5.28 Å². The molecular weight excluding hydrogens is 213 g/mol. The zero-order valence-electron chi connectivity index (χ0n) is 9.66. The summed E-state index contributed by atoms with van der Waals surface area (Å²) in [4.78, 5) is 0. The third-order valence-electron chi connectivity index (χ3n) is 3.56. The van der Waals surface area contributed by atoms with Crippen LogP contribution in [-0.4, -0.2) is 24.5 Å². The number of hydrogen-bond acceptors (Lipinski definition) is 4. The lowest BCUT2D eigenvalue weighted by Gasteiger charge is -2.40. The summed E-state index contributed by atoms with van der Waals surface area (Å²) in [6, 6.07) is 0. The largest absolute Gasteiger partial charge is 0.350 e. The first-order valence-corrected chi connectivity index (χ1v) is 7.19. The SMILES string of the molecule is CC1COP(=O)(C2(C)CCCN2)OC1C. The third-order valence-corrected chi connectivity index (χ3v) is 6.25. The Labute approximate surface area is 91.3 Å². The summed E-state index contributed by atoms with van der Waals surface area (Å²) in [6.45, 7) is 7.41. The Balaban J connectivity index is 2.16. The van der Waals surface area contributed by atoms with E-state index in [-0.39, 0.29) is 6.10 Å². The van der Waals surface area contributed by atoms with E-state index in [9.17, 15) is 4.57 Å². The Kier molecular flexibility index (Phi) is 2.97. The van der Waals surface area contributed by atoms with Crippen molar-refractivity contribution in [2.45, 2.75) is 45.0 Å². The normalized spacial score (nSPS) is 51.9. The van der Waals surface area contributed by atoms with Crippen LogP contribution in [0.4, 0.5) is 0 Å². The zero-order chi connectivity index (χ0) is 11.1. The number of nitrogens with one attached hydrogen (secondary N) is 1. The highest BCUT2D eigenvalue weighted by atomic mass is 31.2. The van der Waals surface area contributed by atoms with Crippen LogP contribution in [0.1, 0.15) is 33.6 Å². The topological polar surface area (TPSA) is 47.6 Å². The van der Waals surface area contributed by atoms with Gasteiger partial charge in [0.05, 0.1) is 12.7 Å². The Morgan fingerprint density at radius 1 is 1.47 bits per heavy atom. The lowest BCUT2D eigenvalue weighted by Crippen LogP contribution is -2.41. The second kappa shape index (κ2) is 3.85. The van der Waals surface area contributed by atoms with Gasteiger partial charge in [0.25, 0.3) is 0 Å². The maximum atomic E-state index is 12.6. The summed E-state index contributed by atoms with van der Waals surface area (Å²) in [5, 5.41) is 2.79. The minimum Gasteiger partial charge on any atom is -0.307 e. The van der Waals surface area contributed by atoms with Crippen molar-refractivity contribution in [2.75, 3.05) is 13.2 Å². The molecule has 4 atom stereocenters. The van der Waals surface area contributed by atoms with E-state index in [0.29, 0.717) is 12.5 Å². The molecule has 2 rings (SSSR count). The van der Waals surface area contributed by atoms with Crippen LogP contribution < -0.4 is 5.32 Å². The van der Waals surface area contributed by atoms with E-state index in [4.69, 9.17) is 9.05 Å². The van der Waals surface area contributed by atoms with Gasteiger partial charge in [-0.05, 0) is 33.2 Å². The van der Waals surface area contributed by atoms with Gasteiger partial charge < -0.3 is 14.4 Å². The van der Waals surface area contributed by atoms with E-state index in [1.807, 2.05) is 13.8 Å². The van der Waals surface area contributed by atoms with Crippen molar-refractivity contribution < 1.29 is 13.6 Å². The van der Waals surface area contributed by atoms with Gasteiger partial charge >= 0.3 is 7.60 Å². The molecule has 2 heterocycles. The summed E-state index contributed by atoms with van der Waals surface area (Å²) in [7, 11) is -2.98. The molecular formula is C10H20NO3P. The molecule has 0 aromatic carbocycles. The number of hydrogen-bond donors (Lipinski definition) is 1.